The Bertz CT molecular complexity index is 233. The van der Waals surface area contributed by atoms with Gasteiger partial charge in [-0.05, 0) is 31.3 Å². The number of ether oxygens (including phenoxy) is 1. The lowest BCUT2D eigenvalue weighted by Crippen LogP contribution is -2.42. The maximum absolute atomic E-state index is 11.6. The fourth-order valence-corrected chi connectivity index (χ4v) is 2.63. The Kier molecular flexibility index (Phi) is 8.46. The molecule has 1 atom stereocenters. The van der Waals surface area contributed by atoms with E-state index in [1.54, 1.807) is 11.8 Å². The van der Waals surface area contributed by atoms with Crippen molar-refractivity contribution in [3.63, 3.8) is 0 Å². The van der Waals surface area contributed by atoms with Crippen LogP contribution in [0.4, 0.5) is 0 Å². The molecule has 0 spiro atoms. The summed E-state index contributed by atoms with van der Waals surface area (Å²) in [6.07, 6.45) is 9.37. The fraction of sp³-hybridized carbons (Fsp3) is 0.923. The molecule has 3 N–H and O–H groups in total. The topological polar surface area (TPSA) is 64.4 Å². The van der Waals surface area contributed by atoms with Crippen molar-refractivity contribution in [2.75, 3.05) is 25.2 Å². The number of nitrogens with one attached hydrogen (secondary N) is 1. The van der Waals surface area contributed by atoms with Gasteiger partial charge in [-0.15, -0.1) is 0 Å². The van der Waals surface area contributed by atoms with Crippen molar-refractivity contribution < 1.29 is 9.53 Å². The Morgan fingerprint density at radius 1 is 1.44 bits per heavy atom. The van der Waals surface area contributed by atoms with Gasteiger partial charge >= 0.3 is 0 Å². The highest BCUT2D eigenvalue weighted by Gasteiger charge is 2.14. The highest BCUT2D eigenvalue weighted by Crippen LogP contribution is 2.19. The number of carbonyl (C=O) groups is 1. The van der Waals surface area contributed by atoms with Crippen molar-refractivity contribution in [2.45, 2.75) is 50.7 Å². The minimum atomic E-state index is -0.382. The molecular weight excluding hydrogens is 248 g/mol. The van der Waals surface area contributed by atoms with Gasteiger partial charge in [0, 0.05) is 6.54 Å². The molecule has 18 heavy (non-hydrogen) atoms. The summed E-state index contributed by atoms with van der Waals surface area (Å²) in [4.78, 5) is 11.6. The van der Waals surface area contributed by atoms with E-state index in [-0.39, 0.29) is 11.9 Å². The quantitative estimate of drug-likeness (QED) is 0.659. The molecular formula is C13H26N2O2S. The number of carbonyl (C=O) groups excluding carboxylic acids is 1. The van der Waals surface area contributed by atoms with Crippen molar-refractivity contribution in [1.82, 2.24) is 5.32 Å². The molecule has 1 amide bonds. The molecule has 1 aliphatic rings. The van der Waals surface area contributed by atoms with Gasteiger partial charge in [0.1, 0.15) is 0 Å². The predicted molar refractivity (Wildman–Crippen MR) is 76.8 cm³/mol. The van der Waals surface area contributed by atoms with Gasteiger partial charge in [-0.1, -0.05) is 19.3 Å². The van der Waals surface area contributed by atoms with Crippen molar-refractivity contribution in [3.05, 3.63) is 0 Å². The van der Waals surface area contributed by atoms with Crippen LogP contribution in [0.15, 0.2) is 0 Å². The van der Waals surface area contributed by atoms with Crippen LogP contribution in [0.3, 0.4) is 0 Å². The van der Waals surface area contributed by atoms with E-state index in [2.05, 4.69) is 5.32 Å². The van der Waals surface area contributed by atoms with Gasteiger partial charge in [-0.2, -0.15) is 11.8 Å². The molecule has 0 unspecified atom stereocenters. The first-order valence-corrected chi connectivity index (χ1v) is 8.27. The zero-order valence-corrected chi connectivity index (χ0v) is 12.1. The average Bonchev–Trinajstić information content (AvgIpc) is 2.41. The first-order valence-electron chi connectivity index (χ1n) is 6.88. The molecule has 4 nitrogen and oxygen atoms in total. The van der Waals surface area contributed by atoms with Crippen molar-refractivity contribution in [3.8, 4) is 0 Å². The van der Waals surface area contributed by atoms with E-state index in [9.17, 15) is 4.79 Å². The minimum absolute atomic E-state index is 0.0590. The molecule has 1 rings (SSSR count). The van der Waals surface area contributed by atoms with Crippen molar-refractivity contribution >= 4 is 17.7 Å². The molecule has 1 saturated carbocycles. The zero-order valence-electron chi connectivity index (χ0n) is 11.3. The van der Waals surface area contributed by atoms with Gasteiger partial charge in [0.2, 0.25) is 5.91 Å². The van der Waals surface area contributed by atoms with E-state index in [1.165, 1.54) is 32.1 Å². The summed E-state index contributed by atoms with van der Waals surface area (Å²) in [5, 5.41) is 2.83. The smallest absolute Gasteiger partial charge is 0.237 e. The Morgan fingerprint density at radius 2 is 2.17 bits per heavy atom. The maximum Gasteiger partial charge on any atom is 0.237 e. The highest BCUT2D eigenvalue weighted by atomic mass is 32.2. The Labute approximate surface area is 114 Å². The van der Waals surface area contributed by atoms with Crippen LogP contribution in [0.25, 0.3) is 0 Å². The summed E-state index contributed by atoms with van der Waals surface area (Å²) in [6, 6.07) is -0.382. The van der Waals surface area contributed by atoms with E-state index < -0.39 is 0 Å². The predicted octanol–water partition coefficient (Wildman–Crippen LogP) is 1.53. The molecule has 106 valence electrons. The van der Waals surface area contributed by atoms with Crippen LogP contribution in [-0.4, -0.2) is 43.2 Å². The SMILES string of the molecule is CSCC[C@@H](N)C(=O)NCCOC1CCCCC1. The van der Waals surface area contributed by atoms with Crippen molar-refractivity contribution in [2.24, 2.45) is 5.73 Å². The highest BCUT2D eigenvalue weighted by molar-refractivity contribution is 7.98. The Hall–Kier alpha value is -0.260. The third kappa shape index (κ3) is 6.61. The molecule has 0 saturated heterocycles. The third-order valence-corrected chi connectivity index (χ3v) is 3.92. The number of nitrogens with two attached hydrogens (primary N) is 1. The summed E-state index contributed by atoms with van der Waals surface area (Å²) >= 11 is 1.71. The molecule has 0 aromatic rings. The van der Waals surface area contributed by atoms with E-state index in [1.807, 2.05) is 6.26 Å². The first-order chi connectivity index (χ1) is 8.74. The second-order valence-electron chi connectivity index (χ2n) is 4.81. The standard InChI is InChI=1S/C13H26N2O2S/c1-18-10-7-12(14)13(16)15-8-9-17-11-5-3-2-4-6-11/h11-12H,2-10,14H2,1H3,(H,15,16)/t12-/m1/s1. The molecule has 0 bridgehead atoms. The number of hydrogen-bond donors (Lipinski definition) is 2. The lowest BCUT2D eigenvalue weighted by atomic mass is 9.98. The third-order valence-electron chi connectivity index (χ3n) is 3.28. The number of thioether (sulfide) groups is 1. The van der Waals surface area contributed by atoms with Gasteiger partial charge in [0.05, 0.1) is 18.8 Å². The van der Waals surface area contributed by atoms with Crippen LogP contribution >= 0.6 is 11.8 Å². The summed E-state index contributed by atoms with van der Waals surface area (Å²) in [7, 11) is 0. The summed E-state index contributed by atoms with van der Waals surface area (Å²) in [5.74, 6) is 0.865. The van der Waals surface area contributed by atoms with Crippen LogP contribution in [0.2, 0.25) is 0 Å². The Morgan fingerprint density at radius 3 is 2.83 bits per heavy atom. The second-order valence-corrected chi connectivity index (χ2v) is 5.80. The summed E-state index contributed by atoms with van der Waals surface area (Å²) < 4.78 is 5.73. The molecule has 0 aromatic carbocycles. The molecule has 1 aliphatic carbocycles. The van der Waals surface area contributed by atoms with Crippen LogP contribution in [-0.2, 0) is 9.53 Å². The molecule has 0 heterocycles. The minimum Gasteiger partial charge on any atom is -0.376 e. The monoisotopic (exact) mass is 274 g/mol. The van der Waals surface area contributed by atoms with E-state index in [0.29, 0.717) is 19.3 Å². The molecule has 1 fully saturated rings. The van der Waals surface area contributed by atoms with Crippen LogP contribution in [0.1, 0.15) is 38.5 Å². The molecule has 0 aliphatic heterocycles. The van der Waals surface area contributed by atoms with Crippen LogP contribution in [0.5, 0.6) is 0 Å². The number of amides is 1. The van der Waals surface area contributed by atoms with E-state index >= 15 is 0 Å². The van der Waals surface area contributed by atoms with E-state index in [0.717, 1.165) is 12.2 Å². The van der Waals surface area contributed by atoms with Gasteiger partial charge in [0.25, 0.3) is 0 Å². The second kappa shape index (κ2) is 9.64. The maximum atomic E-state index is 11.6. The lowest BCUT2D eigenvalue weighted by molar-refractivity contribution is -0.122. The normalized spacial score (nSPS) is 18.6. The Balaban J connectivity index is 2.00. The summed E-state index contributed by atoms with van der Waals surface area (Å²) in [5.41, 5.74) is 5.76. The van der Waals surface area contributed by atoms with Gasteiger partial charge in [-0.25, -0.2) is 0 Å². The molecule has 5 heteroatoms. The zero-order chi connectivity index (χ0) is 13.2. The number of rotatable bonds is 8. The van der Waals surface area contributed by atoms with E-state index in [4.69, 9.17) is 10.5 Å². The summed E-state index contributed by atoms with van der Waals surface area (Å²) in [6.45, 7) is 1.17. The molecule has 0 aromatic heterocycles. The lowest BCUT2D eigenvalue weighted by Gasteiger charge is -2.22. The van der Waals surface area contributed by atoms with Gasteiger partial charge in [0.15, 0.2) is 0 Å². The van der Waals surface area contributed by atoms with Gasteiger partial charge in [-0.3, -0.25) is 4.79 Å². The molecule has 0 radical (unpaired) electrons. The fourth-order valence-electron chi connectivity index (χ4n) is 2.14. The van der Waals surface area contributed by atoms with Crippen LogP contribution < -0.4 is 11.1 Å². The number of hydrogen-bond acceptors (Lipinski definition) is 4. The largest absolute Gasteiger partial charge is 0.376 e. The van der Waals surface area contributed by atoms with Gasteiger partial charge < -0.3 is 15.8 Å². The van der Waals surface area contributed by atoms with Crippen molar-refractivity contribution in [1.29, 1.82) is 0 Å². The first kappa shape index (κ1) is 15.8. The average molecular weight is 274 g/mol. The van der Waals surface area contributed by atoms with Crippen LogP contribution in [0, 0.1) is 0 Å².